The van der Waals surface area contributed by atoms with Gasteiger partial charge in [-0.1, -0.05) is 30.3 Å². The van der Waals surface area contributed by atoms with E-state index in [9.17, 15) is 4.79 Å². The van der Waals surface area contributed by atoms with Crippen LogP contribution in [-0.2, 0) is 13.0 Å². The van der Waals surface area contributed by atoms with Gasteiger partial charge < -0.3 is 4.90 Å². The number of aromatic nitrogens is 2. The van der Waals surface area contributed by atoms with E-state index in [1.807, 2.05) is 36.2 Å². The fourth-order valence-electron chi connectivity index (χ4n) is 3.30. The van der Waals surface area contributed by atoms with Gasteiger partial charge in [-0.3, -0.25) is 4.79 Å². The zero-order valence-electron chi connectivity index (χ0n) is 13.2. The van der Waals surface area contributed by atoms with E-state index in [1.165, 1.54) is 11.1 Å². The van der Waals surface area contributed by atoms with E-state index in [-0.39, 0.29) is 5.91 Å². The highest BCUT2D eigenvalue weighted by Crippen LogP contribution is 2.21. The molecule has 116 valence electrons. The largest absolute Gasteiger partial charge is 0.334 e. The van der Waals surface area contributed by atoms with Crippen LogP contribution < -0.4 is 0 Å². The number of benzene rings is 1. The molecule has 0 saturated heterocycles. The molecule has 0 bridgehead atoms. The van der Waals surface area contributed by atoms with Crippen molar-refractivity contribution in [3.8, 4) is 0 Å². The van der Waals surface area contributed by atoms with Gasteiger partial charge in [0.05, 0.1) is 17.3 Å². The highest BCUT2D eigenvalue weighted by atomic mass is 16.2. The third kappa shape index (κ3) is 2.50. The molecule has 1 aliphatic heterocycles. The van der Waals surface area contributed by atoms with Gasteiger partial charge in [-0.2, -0.15) is 5.10 Å². The first kappa shape index (κ1) is 14.0. The SMILES string of the molecule is Cc1ccc2c(C(=O)N3CCCc4ccccc4C3)cnn2c1. The van der Waals surface area contributed by atoms with Gasteiger partial charge in [-0.05, 0) is 42.5 Å². The summed E-state index contributed by atoms with van der Waals surface area (Å²) in [6.07, 6.45) is 5.67. The molecule has 0 N–H and O–H groups in total. The van der Waals surface area contributed by atoms with Crippen molar-refractivity contribution in [2.24, 2.45) is 0 Å². The highest BCUT2D eigenvalue weighted by Gasteiger charge is 2.22. The summed E-state index contributed by atoms with van der Waals surface area (Å²) in [4.78, 5) is 14.9. The highest BCUT2D eigenvalue weighted by molar-refractivity contribution is 6.00. The normalized spacial score (nSPS) is 14.6. The Kier molecular flexibility index (Phi) is 3.37. The number of amides is 1. The predicted octanol–water partition coefficient (Wildman–Crippen LogP) is 3.23. The van der Waals surface area contributed by atoms with Crippen LogP contribution in [0.15, 0.2) is 48.8 Å². The second kappa shape index (κ2) is 5.54. The quantitative estimate of drug-likeness (QED) is 0.692. The lowest BCUT2D eigenvalue weighted by Gasteiger charge is -2.20. The minimum Gasteiger partial charge on any atom is -0.334 e. The summed E-state index contributed by atoms with van der Waals surface area (Å²) >= 11 is 0. The van der Waals surface area contributed by atoms with Gasteiger partial charge >= 0.3 is 0 Å². The summed E-state index contributed by atoms with van der Waals surface area (Å²) in [6, 6.07) is 12.4. The molecule has 1 amide bonds. The lowest BCUT2D eigenvalue weighted by atomic mass is 10.0. The third-order valence-corrected chi connectivity index (χ3v) is 4.54. The van der Waals surface area contributed by atoms with Crippen LogP contribution in [0.25, 0.3) is 5.52 Å². The van der Waals surface area contributed by atoms with Gasteiger partial charge in [0.15, 0.2) is 0 Å². The monoisotopic (exact) mass is 305 g/mol. The Morgan fingerprint density at radius 3 is 2.83 bits per heavy atom. The summed E-state index contributed by atoms with van der Waals surface area (Å²) in [6.45, 7) is 3.49. The average molecular weight is 305 g/mol. The van der Waals surface area contributed by atoms with Crippen LogP contribution in [0.1, 0.15) is 33.5 Å². The second-order valence-corrected chi connectivity index (χ2v) is 6.19. The lowest BCUT2D eigenvalue weighted by molar-refractivity contribution is 0.0748. The zero-order valence-corrected chi connectivity index (χ0v) is 13.2. The lowest BCUT2D eigenvalue weighted by Crippen LogP contribution is -2.30. The zero-order chi connectivity index (χ0) is 15.8. The Balaban J connectivity index is 1.68. The molecular formula is C19H19N3O. The molecule has 1 aliphatic rings. The van der Waals surface area contributed by atoms with E-state index in [2.05, 4.69) is 23.3 Å². The van der Waals surface area contributed by atoms with Crippen LogP contribution in [-0.4, -0.2) is 27.0 Å². The maximum atomic E-state index is 13.0. The Morgan fingerprint density at radius 2 is 1.96 bits per heavy atom. The van der Waals surface area contributed by atoms with Gasteiger partial charge in [-0.15, -0.1) is 0 Å². The molecule has 0 radical (unpaired) electrons. The summed E-state index contributed by atoms with van der Waals surface area (Å²) in [7, 11) is 0. The summed E-state index contributed by atoms with van der Waals surface area (Å²) in [5.74, 6) is 0.0700. The van der Waals surface area contributed by atoms with Crippen LogP contribution in [0.5, 0.6) is 0 Å². The third-order valence-electron chi connectivity index (χ3n) is 4.54. The van der Waals surface area contributed by atoms with Crippen molar-refractivity contribution in [2.45, 2.75) is 26.3 Å². The van der Waals surface area contributed by atoms with Gasteiger partial charge in [-0.25, -0.2) is 4.52 Å². The fraction of sp³-hybridized carbons (Fsp3) is 0.263. The summed E-state index contributed by atoms with van der Waals surface area (Å²) in [5.41, 5.74) is 5.30. The number of carbonyl (C=O) groups excluding carboxylic acids is 1. The number of carbonyl (C=O) groups is 1. The molecule has 0 aliphatic carbocycles. The van der Waals surface area contributed by atoms with Crippen LogP contribution in [0.3, 0.4) is 0 Å². The molecule has 0 unspecified atom stereocenters. The van der Waals surface area contributed by atoms with E-state index >= 15 is 0 Å². The van der Waals surface area contributed by atoms with Gasteiger partial charge in [0, 0.05) is 19.3 Å². The topological polar surface area (TPSA) is 37.6 Å². The molecule has 2 aromatic heterocycles. The van der Waals surface area contributed by atoms with E-state index < -0.39 is 0 Å². The molecular weight excluding hydrogens is 286 g/mol. The van der Waals surface area contributed by atoms with Gasteiger partial charge in [0.25, 0.3) is 5.91 Å². The molecule has 0 spiro atoms. The molecule has 3 heterocycles. The van der Waals surface area contributed by atoms with Gasteiger partial charge in [0.1, 0.15) is 0 Å². The van der Waals surface area contributed by atoms with Crippen molar-refractivity contribution < 1.29 is 4.79 Å². The Bertz CT molecular complexity index is 881. The van der Waals surface area contributed by atoms with Gasteiger partial charge in [0.2, 0.25) is 0 Å². The summed E-state index contributed by atoms with van der Waals surface area (Å²) in [5, 5.41) is 4.33. The Labute approximate surface area is 135 Å². The fourth-order valence-corrected chi connectivity index (χ4v) is 3.30. The maximum absolute atomic E-state index is 13.0. The van der Waals surface area contributed by atoms with Crippen molar-refractivity contribution in [3.63, 3.8) is 0 Å². The molecule has 0 fully saturated rings. The Morgan fingerprint density at radius 1 is 1.13 bits per heavy atom. The molecule has 3 aromatic rings. The first-order chi connectivity index (χ1) is 11.2. The van der Waals surface area contributed by atoms with E-state index in [1.54, 1.807) is 10.7 Å². The maximum Gasteiger partial charge on any atom is 0.257 e. The first-order valence-corrected chi connectivity index (χ1v) is 8.02. The average Bonchev–Trinajstić information content (AvgIpc) is 2.84. The molecule has 4 heteroatoms. The van der Waals surface area contributed by atoms with E-state index in [4.69, 9.17) is 0 Å². The van der Waals surface area contributed by atoms with Crippen molar-refractivity contribution in [1.29, 1.82) is 0 Å². The minimum atomic E-state index is 0.0700. The van der Waals surface area contributed by atoms with Crippen LogP contribution in [0, 0.1) is 6.92 Å². The number of hydrogen-bond donors (Lipinski definition) is 0. The standard InChI is InChI=1S/C19H19N3O/c1-14-8-9-18-17(11-20-22(18)12-14)19(23)21-10-4-7-15-5-2-3-6-16(15)13-21/h2-3,5-6,8-9,11-12H,4,7,10,13H2,1H3. The Hall–Kier alpha value is -2.62. The predicted molar refractivity (Wildman–Crippen MR) is 89.4 cm³/mol. The minimum absolute atomic E-state index is 0.0700. The molecule has 0 saturated carbocycles. The number of nitrogens with zero attached hydrogens (tertiary/aromatic N) is 3. The molecule has 23 heavy (non-hydrogen) atoms. The van der Waals surface area contributed by atoms with Crippen molar-refractivity contribution in [3.05, 3.63) is 71.0 Å². The van der Waals surface area contributed by atoms with Crippen LogP contribution in [0.4, 0.5) is 0 Å². The van der Waals surface area contributed by atoms with Crippen molar-refractivity contribution >= 4 is 11.4 Å². The van der Waals surface area contributed by atoms with Crippen LogP contribution in [0.2, 0.25) is 0 Å². The van der Waals surface area contributed by atoms with Crippen molar-refractivity contribution in [2.75, 3.05) is 6.54 Å². The number of pyridine rings is 1. The number of aryl methyl sites for hydroxylation is 2. The van der Waals surface area contributed by atoms with Crippen LogP contribution >= 0.6 is 0 Å². The number of hydrogen-bond acceptors (Lipinski definition) is 2. The smallest absolute Gasteiger partial charge is 0.257 e. The second-order valence-electron chi connectivity index (χ2n) is 6.19. The number of fused-ring (bicyclic) bond motifs is 2. The first-order valence-electron chi connectivity index (χ1n) is 8.02. The number of rotatable bonds is 1. The molecule has 4 rings (SSSR count). The summed E-state index contributed by atoms with van der Waals surface area (Å²) < 4.78 is 1.79. The molecule has 4 nitrogen and oxygen atoms in total. The molecule has 0 atom stereocenters. The van der Waals surface area contributed by atoms with Crippen molar-refractivity contribution in [1.82, 2.24) is 14.5 Å². The van der Waals surface area contributed by atoms with E-state index in [0.717, 1.165) is 30.5 Å². The van der Waals surface area contributed by atoms with E-state index in [0.29, 0.717) is 12.1 Å². The molecule has 1 aromatic carbocycles.